The van der Waals surface area contributed by atoms with Gasteiger partial charge >= 0.3 is 0 Å². The number of thioether (sulfide) groups is 1. The summed E-state index contributed by atoms with van der Waals surface area (Å²) in [4.78, 5) is 1.39. The molecule has 1 heterocycles. The first-order chi connectivity index (χ1) is 5.29. The third kappa shape index (κ3) is 1.08. The first-order valence-corrected chi connectivity index (χ1v) is 4.62. The number of rotatable bonds is 0. The van der Waals surface area contributed by atoms with Crippen molar-refractivity contribution in [1.82, 2.24) is 0 Å². The molecule has 0 bridgehead atoms. The zero-order chi connectivity index (χ0) is 7.84. The van der Waals surface area contributed by atoms with Gasteiger partial charge in [0, 0.05) is 10.8 Å². The van der Waals surface area contributed by atoms with Crippen LogP contribution < -0.4 is 0 Å². The number of hydrogen-bond donors (Lipinski definition) is 0. The Hall–Kier alpha value is -0.430. The lowest BCUT2D eigenvalue weighted by molar-refractivity contribution is 0.924. The molecule has 1 aliphatic rings. The lowest BCUT2D eigenvalue weighted by Gasteiger charge is -2.05. The summed E-state index contributed by atoms with van der Waals surface area (Å²) < 4.78 is 0. The van der Waals surface area contributed by atoms with Crippen molar-refractivity contribution < 1.29 is 0 Å². The summed E-state index contributed by atoms with van der Waals surface area (Å²) in [6.45, 7) is 4.37. The molecule has 0 nitrogen and oxygen atoms in total. The van der Waals surface area contributed by atoms with Crippen LogP contribution in [0.15, 0.2) is 23.1 Å². The average molecular weight is 162 g/mol. The molecule has 2 radical (unpaired) electrons. The van der Waals surface area contributed by atoms with E-state index in [1.807, 2.05) is 0 Å². The molecule has 1 heteroatoms. The zero-order valence-electron chi connectivity index (χ0n) is 6.72. The summed E-state index contributed by atoms with van der Waals surface area (Å²) in [6, 6.07) is 6.45. The van der Waals surface area contributed by atoms with Crippen molar-refractivity contribution in [3.8, 4) is 0 Å². The SMILES string of the molecule is Cc1cccc2c1C(C)[C]S2. The Bertz CT molecular complexity index is 278. The summed E-state index contributed by atoms with van der Waals surface area (Å²) in [5, 5.41) is 0. The highest BCUT2D eigenvalue weighted by atomic mass is 32.2. The summed E-state index contributed by atoms with van der Waals surface area (Å²) in [6.07, 6.45) is 0. The van der Waals surface area contributed by atoms with Gasteiger partial charge in [0.1, 0.15) is 0 Å². The van der Waals surface area contributed by atoms with Crippen LogP contribution in [0.4, 0.5) is 0 Å². The second-order valence-electron chi connectivity index (χ2n) is 2.93. The van der Waals surface area contributed by atoms with Gasteiger partial charge in [0.2, 0.25) is 0 Å². The molecule has 1 aliphatic heterocycles. The van der Waals surface area contributed by atoms with Crippen LogP contribution in [-0.4, -0.2) is 0 Å². The number of aryl methyl sites for hydroxylation is 1. The molecular weight excluding hydrogens is 152 g/mol. The second kappa shape index (κ2) is 2.56. The van der Waals surface area contributed by atoms with Crippen molar-refractivity contribution in [2.75, 3.05) is 0 Å². The first kappa shape index (κ1) is 7.23. The first-order valence-electron chi connectivity index (χ1n) is 3.81. The molecule has 1 aromatic rings. The van der Waals surface area contributed by atoms with Gasteiger partial charge in [0.05, 0.1) is 5.75 Å². The fourth-order valence-electron chi connectivity index (χ4n) is 1.51. The Morgan fingerprint density at radius 3 is 3.00 bits per heavy atom. The molecule has 1 unspecified atom stereocenters. The quantitative estimate of drug-likeness (QED) is 0.564. The molecule has 0 amide bonds. The Labute approximate surface area is 72.0 Å². The smallest absolute Gasteiger partial charge is 0.0613 e. The normalized spacial score (nSPS) is 21.8. The maximum Gasteiger partial charge on any atom is 0.0613 e. The van der Waals surface area contributed by atoms with E-state index in [1.54, 1.807) is 11.8 Å². The van der Waals surface area contributed by atoms with E-state index in [-0.39, 0.29) is 0 Å². The van der Waals surface area contributed by atoms with Crippen LogP contribution in [0.3, 0.4) is 0 Å². The van der Waals surface area contributed by atoms with Gasteiger partial charge in [-0.15, -0.1) is 11.8 Å². The predicted molar refractivity (Wildman–Crippen MR) is 48.7 cm³/mol. The van der Waals surface area contributed by atoms with Crippen LogP contribution in [0.1, 0.15) is 24.0 Å². The molecule has 1 aromatic carbocycles. The van der Waals surface area contributed by atoms with Crippen molar-refractivity contribution >= 4 is 11.8 Å². The van der Waals surface area contributed by atoms with Gasteiger partial charge in [0.15, 0.2) is 0 Å². The fraction of sp³-hybridized carbons (Fsp3) is 0.300. The third-order valence-electron chi connectivity index (χ3n) is 2.06. The summed E-state index contributed by atoms with van der Waals surface area (Å²) >= 11 is 1.74. The summed E-state index contributed by atoms with van der Waals surface area (Å²) in [5.74, 6) is 3.85. The minimum Gasteiger partial charge on any atom is -0.115 e. The van der Waals surface area contributed by atoms with Gasteiger partial charge in [-0.1, -0.05) is 19.1 Å². The number of benzene rings is 1. The van der Waals surface area contributed by atoms with E-state index in [0.717, 1.165) is 0 Å². The Balaban J connectivity index is 2.58. The minimum atomic E-state index is 0.510. The van der Waals surface area contributed by atoms with Crippen LogP contribution in [0.5, 0.6) is 0 Å². The third-order valence-corrected chi connectivity index (χ3v) is 3.11. The molecule has 0 N–H and O–H groups in total. The molecule has 0 aliphatic carbocycles. The molecular formula is C10H10S. The van der Waals surface area contributed by atoms with Gasteiger partial charge in [-0.25, -0.2) is 0 Å². The fourth-order valence-corrected chi connectivity index (χ4v) is 2.52. The Morgan fingerprint density at radius 2 is 2.27 bits per heavy atom. The Morgan fingerprint density at radius 1 is 1.45 bits per heavy atom. The summed E-state index contributed by atoms with van der Waals surface area (Å²) in [5.41, 5.74) is 2.87. The standard InChI is InChI=1S/C10H10S/c1-7-4-3-5-9-10(7)8(2)6-11-9/h3-5,8H,1-2H3. The maximum atomic E-state index is 3.34. The predicted octanol–water partition coefficient (Wildman–Crippen LogP) is 3.24. The van der Waals surface area contributed by atoms with Crippen LogP contribution in [0.2, 0.25) is 0 Å². The van der Waals surface area contributed by atoms with Gasteiger partial charge < -0.3 is 0 Å². The maximum absolute atomic E-state index is 3.34. The molecule has 1 atom stereocenters. The van der Waals surface area contributed by atoms with Crippen molar-refractivity contribution in [3.05, 3.63) is 35.1 Å². The van der Waals surface area contributed by atoms with Crippen molar-refractivity contribution in [2.24, 2.45) is 0 Å². The van der Waals surface area contributed by atoms with Gasteiger partial charge in [-0.3, -0.25) is 0 Å². The molecule has 0 aromatic heterocycles. The molecule has 0 fully saturated rings. The summed E-state index contributed by atoms with van der Waals surface area (Å²) in [7, 11) is 0. The van der Waals surface area contributed by atoms with E-state index in [4.69, 9.17) is 0 Å². The lowest BCUT2D eigenvalue weighted by atomic mass is 9.99. The number of hydrogen-bond acceptors (Lipinski definition) is 1. The monoisotopic (exact) mass is 162 g/mol. The molecule has 2 rings (SSSR count). The largest absolute Gasteiger partial charge is 0.115 e. The van der Waals surface area contributed by atoms with Crippen LogP contribution in [-0.2, 0) is 0 Å². The van der Waals surface area contributed by atoms with Gasteiger partial charge in [-0.2, -0.15) is 0 Å². The minimum absolute atomic E-state index is 0.510. The molecule has 0 saturated heterocycles. The van der Waals surface area contributed by atoms with Crippen molar-refractivity contribution in [2.45, 2.75) is 24.7 Å². The van der Waals surface area contributed by atoms with E-state index in [0.29, 0.717) is 5.92 Å². The molecule has 11 heavy (non-hydrogen) atoms. The highest BCUT2D eigenvalue weighted by molar-refractivity contribution is 8.01. The van der Waals surface area contributed by atoms with Gasteiger partial charge in [-0.05, 0) is 24.1 Å². The Kier molecular flexibility index (Phi) is 1.68. The van der Waals surface area contributed by atoms with E-state index in [1.165, 1.54) is 16.0 Å². The topological polar surface area (TPSA) is 0 Å². The van der Waals surface area contributed by atoms with E-state index in [9.17, 15) is 0 Å². The van der Waals surface area contributed by atoms with E-state index >= 15 is 0 Å². The van der Waals surface area contributed by atoms with E-state index in [2.05, 4.69) is 37.8 Å². The highest BCUT2D eigenvalue weighted by Crippen LogP contribution is 2.43. The molecule has 56 valence electrons. The molecule has 0 spiro atoms. The van der Waals surface area contributed by atoms with Crippen LogP contribution in [0, 0.1) is 12.7 Å². The molecule has 0 saturated carbocycles. The van der Waals surface area contributed by atoms with Crippen molar-refractivity contribution in [3.63, 3.8) is 0 Å². The van der Waals surface area contributed by atoms with Crippen molar-refractivity contribution in [1.29, 1.82) is 0 Å². The lowest BCUT2D eigenvalue weighted by Crippen LogP contribution is -1.89. The van der Waals surface area contributed by atoms with Gasteiger partial charge in [0.25, 0.3) is 0 Å². The highest BCUT2D eigenvalue weighted by Gasteiger charge is 2.20. The van der Waals surface area contributed by atoms with E-state index < -0.39 is 0 Å². The van der Waals surface area contributed by atoms with Crippen LogP contribution in [0.25, 0.3) is 0 Å². The number of fused-ring (bicyclic) bond motifs is 1. The average Bonchev–Trinajstić information content (AvgIpc) is 2.34. The zero-order valence-corrected chi connectivity index (χ0v) is 7.53. The van der Waals surface area contributed by atoms with Crippen LogP contribution >= 0.6 is 11.8 Å². The second-order valence-corrected chi connectivity index (χ2v) is 3.81.